The normalized spacial score (nSPS) is 15.9. The van der Waals surface area contributed by atoms with Gasteiger partial charge in [0.2, 0.25) is 5.78 Å². The van der Waals surface area contributed by atoms with E-state index >= 15 is 0 Å². The molecule has 5 heteroatoms. The maximum atomic E-state index is 11.6. The number of allylic oxidation sites excluding steroid dienone is 3. The minimum absolute atomic E-state index is 0.137. The van der Waals surface area contributed by atoms with Gasteiger partial charge in [0.1, 0.15) is 0 Å². The van der Waals surface area contributed by atoms with Crippen molar-refractivity contribution in [2.75, 3.05) is 26.3 Å². The standard InChI is InChI=1S/C11H15NO4/c1-8-6-11(16)9(7-10(8)15)12(2-4-13)3-5-14/h6-7,13-14H,2-5H2,1H3. The van der Waals surface area contributed by atoms with Crippen molar-refractivity contribution in [3.05, 3.63) is 23.4 Å². The lowest BCUT2D eigenvalue weighted by molar-refractivity contribution is -0.116. The lowest BCUT2D eigenvalue weighted by Gasteiger charge is -2.25. The molecule has 0 fully saturated rings. The van der Waals surface area contributed by atoms with Crippen molar-refractivity contribution in [3.8, 4) is 0 Å². The summed E-state index contributed by atoms with van der Waals surface area (Å²) in [6.07, 6.45) is 2.53. The fourth-order valence-corrected chi connectivity index (χ4v) is 1.49. The van der Waals surface area contributed by atoms with Gasteiger partial charge in [0.05, 0.1) is 18.9 Å². The zero-order valence-corrected chi connectivity index (χ0v) is 9.14. The first kappa shape index (κ1) is 12.6. The molecule has 0 saturated carbocycles. The summed E-state index contributed by atoms with van der Waals surface area (Å²) in [7, 11) is 0. The van der Waals surface area contributed by atoms with E-state index in [1.807, 2.05) is 0 Å². The average Bonchev–Trinajstić information content (AvgIpc) is 2.23. The summed E-state index contributed by atoms with van der Waals surface area (Å²) in [5, 5.41) is 17.7. The Bertz CT molecular complexity index is 351. The van der Waals surface area contributed by atoms with Crippen LogP contribution in [0.15, 0.2) is 23.4 Å². The molecule has 16 heavy (non-hydrogen) atoms. The Morgan fingerprint density at radius 2 is 1.62 bits per heavy atom. The van der Waals surface area contributed by atoms with Gasteiger partial charge in [0.25, 0.3) is 0 Å². The number of nitrogens with zero attached hydrogens (tertiary/aromatic N) is 1. The van der Waals surface area contributed by atoms with Crippen LogP contribution in [0.25, 0.3) is 0 Å². The Balaban J connectivity index is 2.89. The van der Waals surface area contributed by atoms with Crippen molar-refractivity contribution in [3.63, 3.8) is 0 Å². The molecule has 0 unspecified atom stereocenters. The first-order valence-electron chi connectivity index (χ1n) is 5.05. The van der Waals surface area contributed by atoms with Crippen molar-refractivity contribution >= 4 is 11.6 Å². The van der Waals surface area contributed by atoms with Gasteiger partial charge in [-0.05, 0) is 13.0 Å². The van der Waals surface area contributed by atoms with Crippen molar-refractivity contribution in [1.29, 1.82) is 0 Å². The molecular weight excluding hydrogens is 210 g/mol. The predicted octanol–water partition coefficient (Wildman–Crippen LogP) is -0.745. The lowest BCUT2D eigenvalue weighted by atomic mass is 10.0. The molecule has 0 aromatic rings. The van der Waals surface area contributed by atoms with Crippen molar-refractivity contribution in [2.24, 2.45) is 0 Å². The third kappa shape index (κ3) is 2.77. The molecule has 1 aliphatic carbocycles. The minimum atomic E-state index is -0.265. The molecule has 0 aliphatic heterocycles. The molecule has 88 valence electrons. The molecule has 0 bridgehead atoms. The fourth-order valence-electron chi connectivity index (χ4n) is 1.49. The topological polar surface area (TPSA) is 77.8 Å². The molecule has 0 radical (unpaired) electrons. The molecule has 0 aromatic carbocycles. The zero-order valence-electron chi connectivity index (χ0n) is 9.14. The summed E-state index contributed by atoms with van der Waals surface area (Å²) in [5.74, 6) is -0.477. The highest BCUT2D eigenvalue weighted by Gasteiger charge is 2.21. The van der Waals surface area contributed by atoms with E-state index in [0.29, 0.717) is 5.57 Å². The Kier molecular flexibility index (Phi) is 4.39. The quantitative estimate of drug-likeness (QED) is 0.602. The van der Waals surface area contributed by atoms with Crippen LogP contribution in [0.2, 0.25) is 0 Å². The average molecular weight is 225 g/mol. The van der Waals surface area contributed by atoms with E-state index in [-0.39, 0.29) is 43.6 Å². The van der Waals surface area contributed by atoms with Crippen molar-refractivity contribution in [1.82, 2.24) is 4.90 Å². The number of rotatable bonds is 5. The van der Waals surface area contributed by atoms with Gasteiger partial charge >= 0.3 is 0 Å². The molecule has 1 aliphatic rings. The number of carbonyl (C=O) groups is 2. The van der Waals surface area contributed by atoms with Crippen molar-refractivity contribution in [2.45, 2.75) is 6.92 Å². The highest BCUT2D eigenvalue weighted by molar-refractivity contribution is 6.19. The second-order valence-electron chi connectivity index (χ2n) is 3.52. The van der Waals surface area contributed by atoms with E-state index < -0.39 is 0 Å². The number of hydrogen-bond acceptors (Lipinski definition) is 5. The van der Waals surface area contributed by atoms with Crippen LogP contribution >= 0.6 is 0 Å². The summed E-state index contributed by atoms with van der Waals surface area (Å²) in [6, 6.07) is 0. The van der Waals surface area contributed by atoms with Crippen LogP contribution in [-0.2, 0) is 9.59 Å². The highest BCUT2D eigenvalue weighted by atomic mass is 16.3. The van der Waals surface area contributed by atoms with Crippen LogP contribution < -0.4 is 0 Å². The smallest absolute Gasteiger partial charge is 0.202 e. The second-order valence-corrected chi connectivity index (χ2v) is 3.52. The molecule has 0 aromatic heterocycles. The molecule has 0 heterocycles. The molecule has 0 amide bonds. The first-order chi connectivity index (χ1) is 7.60. The van der Waals surface area contributed by atoms with Gasteiger partial charge in [-0.15, -0.1) is 0 Å². The van der Waals surface area contributed by atoms with Gasteiger partial charge in [0.15, 0.2) is 5.78 Å². The van der Waals surface area contributed by atoms with E-state index in [1.165, 1.54) is 17.1 Å². The van der Waals surface area contributed by atoms with Gasteiger partial charge in [0, 0.05) is 24.7 Å². The van der Waals surface area contributed by atoms with Gasteiger partial charge < -0.3 is 15.1 Å². The number of hydrogen-bond donors (Lipinski definition) is 2. The summed E-state index contributed by atoms with van der Waals surface area (Å²) in [6.45, 7) is 1.75. The summed E-state index contributed by atoms with van der Waals surface area (Å²) >= 11 is 0. The third-order valence-electron chi connectivity index (χ3n) is 2.34. The molecule has 5 nitrogen and oxygen atoms in total. The Hall–Kier alpha value is -1.46. The van der Waals surface area contributed by atoms with Crippen molar-refractivity contribution < 1.29 is 19.8 Å². The monoisotopic (exact) mass is 225 g/mol. The molecule has 0 saturated heterocycles. The molecular formula is C11H15NO4. The number of ketones is 2. The van der Waals surface area contributed by atoms with Crippen LogP contribution in [-0.4, -0.2) is 53.0 Å². The molecule has 2 N–H and O–H groups in total. The van der Waals surface area contributed by atoms with Crippen LogP contribution in [0, 0.1) is 0 Å². The van der Waals surface area contributed by atoms with E-state index in [1.54, 1.807) is 6.92 Å². The van der Waals surface area contributed by atoms with Gasteiger partial charge in [-0.2, -0.15) is 0 Å². The molecule has 0 spiro atoms. The fraction of sp³-hybridized carbons (Fsp3) is 0.455. The Labute approximate surface area is 93.7 Å². The third-order valence-corrected chi connectivity index (χ3v) is 2.34. The Morgan fingerprint density at radius 3 is 2.12 bits per heavy atom. The minimum Gasteiger partial charge on any atom is -0.395 e. The van der Waals surface area contributed by atoms with Crippen LogP contribution in [0.3, 0.4) is 0 Å². The number of aliphatic hydroxyl groups excluding tert-OH is 2. The van der Waals surface area contributed by atoms with Crippen LogP contribution in [0.4, 0.5) is 0 Å². The van der Waals surface area contributed by atoms with Crippen LogP contribution in [0.5, 0.6) is 0 Å². The zero-order chi connectivity index (χ0) is 12.1. The molecule has 0 atom stereocenters. The highest BCUT2D eigenvalue weighted by Crippen LogP contribution is 2.14. The lowest BCUT2D eigenvalue weighted by Crippen LogP contribution is -2.34. The summed E-state index contributed by atoms with van der Waals surface area (Å²) in [5.41, 5.74) is 0.639. The van der Waals surface area contributed by atoms with E-state index in [9.17, 15) is 9.59 Å². The summed E-state index contributed by atoms with van der Waals surface area (Å²) < 4.78 is 0. The van der Waals surface area contributed by atoms with E-state index in [4.69, 9.17) is 10.2 Å². The SMILES string of the molecule is CC1=CC(=O)C(N(CCO)CCO)=CC1=O. The Morgan fingerprint density at radius 1 is 1.06 bits per heavy atom. The molecule has 1 rings (SSSR count). The second kappa shape index (κ2) is 5.58. The number of aliphatic hydroxyl groups is 2. The van der Waals surface area contributed by atoms with E-state index in [0.717, 1.165) is 0 Å². The summed E-state index contributed by atoms with van der Waals surface area (Å²) in [4.78, 5) is 24.6. The number of carbonyl (C=O) groups excluding carboxylic acids is 2. The van der Waals surface area contributed by atoms with Gasteiger partial charge in [-0.3, -0.25) is 9.59 Å². The largest absolute Gasteiger partial charge is 0.395 e. The maximum Gasteiger partial charge on any atom is 0.202 e. The van der Waals surface area contributed by atoms with E-state index in [2.05, 4.69) is 0 Å². The maximum absolute atomic E-state index is 11.6. The predicted molar refractivity (Wildman–Crippen MR) is 57.6 cm³/mol. The van der Waals surface area contributed by atoms with Crippen LogP contribution in [0.1, 0.15) is 6.92 Å². The van der Waals surface area contributed by atoms with Gasteiger partial charge in [-0.25, -0.2) is 0 Å². The first-order valence-corrected chi connectivity index (χ1v) is 5.05. The van der Waals surface area contributed by atoms with Gasteiger partial charge in [-0.1, -0.05) is 0 Å².